The minimum atomic E-state index is -0.632. The van der Waals surface area contributed by atoms with Crippen LogP contribution in [0, 0.1) is 5.82 Å². The minimum Gasteiger partial charge on any atom is -0.505 e. The molecule has 1 fully saturated rings. The lowest BCUT2D eigenvalue weighted by Gasteiger charge is -2.36. The monoisotopic (exact) mass is 365 g/mol. The SMILES string of the molecule is CN=C(NCc1ccc(O)c(F)c1)N1CCN(CC(=O)NC(C)C)CC1. The van der Waals surface area contributed by atoms with Gasteiger partial charge in [0.1, 0.15) is 0 Å². The summed E-state index contributed by atoms with van der Waals surface area (Å²) >= 11 is 0. The molecule has 0 unspecified atom stereocenters. The second-order valence-corrected chi connectivity index (χ2v) is 6.67. The number of phenolic OH excluding ortho intramolecular Hbond substituents is 1. The quantitative estimate of drug-likeness (QED) is 0.530. The van der Waals surface area contributed by atoms with Crippen molar-refractivity contribution in [2.75, 3.05) is 39.8 Å². The Labute approximate surface area is 153 Å². The van der Waals surface area contributed by atoms with Crippen LogP contribution in [0.25, 0.3) is 0 Å². The molecule has 26 heavy (non-hydrogen) atoms. The average Bonchev–Trinajstić information content (AvgIpc) is 2.59. The van der Waals surface area contributed by atoms with Crippen LogP contribution in [-0.2, 0) is 11.3 Å². The van der Waals surface area contributed by atoms with Crippen molar-refractivity contribution < 1.29 is 14.3 Å². The number of carbonyl (C=O) groups is 1. The molecular formula is C18H28FN5O2. The molecule has 0 aromatic heterocycles. The van der Waals surface area contributed by atoms with Crippen molar-refractivity contribution >= 4 is 11.9 Å². The summed E-state index contributed by atoms with van der Waals surface area (Å²) in [7, 11) is 1.71. The van der Waals surface area contributed by atoms with Gasteiger partial charge in [-0.1, -0.05) is 6.07 Å². The van der Waals surface area contributed by atoms with Crippen molar-refractivity contribution in [2.24, 2.45) is 4.99 Å². The van der Waals surface area contributed by atoms with Crippen molar-refractivity contribution in [3.05, 3.63) is 29.6 Å². The Morgan fingerprint density at radius 1 is 1.31 bits per heavy atom. The number of amides is 1. The molecule has 1 aromatic carbocycles. The number of rotatable bonds is 5. The third-order valence-electron chi connectivity index (χ3n) is 4.16. The molecule has 7 nitrogen and oxygen atoms in total. The van der Waals surface area contributed by atoms with Gasteiger partial charge in [0, 0.05) is 45.8 Å². The Bertz CT molecular complexity index is 642. The van der Waals surface area contributed by atoms with Gasteiger partial charge in [-0.05, 0) is 31.5 Å². The number of nitrogens with one attached hydrogen (secondary N) is 2. The first-order valence-electron chi connectivity index (χ1n) is 8.83. The summed E-state index contributed by atoms with van der Waals surface area (Å²) in [5.74, 6) is -0.196. The number of aliphatic imine (C=N–C) groups is 1. The molecule has 1 saturated heterocycles. The highest BCUT2D eigenvalue weighted by atomic mass is 19.1. The number of halogens is 1. The average molecular weight is 365 g/mol. The Morgan fingerprint density at radius 3 is 2.58 bits per heavy atom. The lowest BCUT2D eigenvalue weighted by molar-refractivity contribution is -0.123. The zero-order valence-corrected chi connectivity index (χ0v) is 15.6. The number of aromatic hydroxyl groups is 1. The molecule has 1 aliphatic heterocycles. The highest BCUT2D eigenvalue weighted by Crippen LogP contribution is 2.16. The zero-order chi connectivity index (χ0) is 19.1. The van der Waals surface area contributed by atoms with Gasteiger partial charge in [-0.15, -0.1) is 0 Å². The third-order valence-corrected chi connectivity index (χ3v) is 4.16. The Morgan fingerprint density at radius 2 is 2.00 bits per heavy atom. The second kappa shape index (κ2) is 9.38. The standard InChI is InChI=1S/C18H28FN5O2/c1-13(2)22-17(26)12-23-6-8-24(9-7-23)18(20-3)21-11-14-4-5-16(25)15(19)10-14/h4-5,10,13,25H,6-9,11-12H2,1-3H3,(H,20,21)(H,22,26). The highest BCUT2D eigenvalue weighted by molar-refractivity contribution is 5.80. The molecule has 1 aromatic rings. The van der Waals surface area contributed by atoms with E-state index in [-0.39, 0.29) is 17.7 Å². The number of nitrogens with zero attached hydrogens (tertiary/aromatic N) is 3. The number of piperazine rings is 1. The van der Waals surface area contributed by atoms with Crippen LogP contribution in [0.1, 0.15) is 19.4 Å². The number of phenols is 1. The summed E-state index contributed by atoms with van der Waals surface area (Å²) in [6.45, 7) is 7.81. The van der Waals surface area contributed by atoms with Crippen LogP contribution in [0.2, 0.25) is 0 Å². The molecule has 1 heterocycles. The molecule has 0 saturated carbocycles. The third kappa shape index (κ3) is 5.87. The van der Waals surface area contributed by atoms with Crippen molar-refractivity contribution in [3.8, 4) is 5.75 Å². The van der Waals surface area contributed by atoms with Gasteiger partial charge in [0.25, 0.3) is 0 Å². The van der Waals surface area contributed by atoms with Gasteiger partial charge in [-0.2, -0.15) is 0 Å². The summed E-state index contributed by atoms with van der Waals surface area (Å²) in [6.07, 6.45) is 0. The van der Waals surface area contributed by atoms with E-state index in [1.807, 2.05) is 13.8 Å². The Balaban J connectivity index is 1.81. The van der Waals surface area contributed by atoms with Crippen LogP contribution in [0.4, 0.5) is 4.39 Å². The maximum Gasteiger partial charge on any atom is 0.234 e. The molecule has 8 heteroatoms. The lowest BCUT2D eigenvalue weighted by Crippen LogP contribution is -2.54. The first-order valence-corrected chi connectivity index (χ1v) is 8.83. The fourth-order valence-corrected chi connectivity index (χ4v) is 2.86. The summed E-state index contributed by atoms with van der Waals surface area (Å²) in [4.78, 5) is 20.4. The molecule has 0 radical (unpaired) electrons. The van der Waals surface area contributed by atoms with Gasteiger partial charge in [-0.25, -0.2) is 4.39 Å². The van der Waals surface area contributed by atoms with E-state index >= 15 is 0 Å². The molecule has 1 aliphatic rings. The van der Waals surface area contributed by atoms with Gasteiger partial charge in [0.05, 0.1) is 6.54 Å². The van der Waals surface area contributed by atoms with E-state index in [1.165, 1.54) is 12.1 Å². The Kier molecular flexibility index (Phi) is 7.20. The van der Waals surface area contributed by atoms with Crippen LogP contribution in [0.15, 0.2) is 23.2 Å². The number of hydrogen-bond acceptors (Lipinski definition) is 4. The van der Waals surface area contributed by atoms with E-state index in [0.717, 1.165) is 37.7 Å². The number of carbonyl (C=O) groups excluding carboxylic acids is 1. The molecule has 0 spiro atoms. The van der Waals surface area contributed by atoms with Crippen LogP contribution >= 0.6 is 0 Å². The van der Waals surface area contributed by atoms with E-state index in [4.69, 9.17) is 0 Å². The van der Waals surface area contributed by atoms with E-state index in [9.17, 15) is 14.3 Å². The first-order chi connectivity index (χ1) is 12.4. The topological polar surface area (TPSA) is 80.2 Å². The molecule has 0 aliphatic carbocycles. The molecule has 144 valence electrons. The molecular weight excluding hydrogens is 337 g/mol. The van der Waals surface area contributed by atoms with E-state index in [0.29, 0.717) is 13.1 Å². The van der Waals surface area contributed by atoms with Gasteiger partial charge >= 0.3 is 0 Å². The van der Waals surface area contributed by atoms with Crippen LogP contribution in [0.3, 0.4) is 0 Å². The largest absolute Gasteiger partial charge is 0.505 e. The fraction of sp³-hybridized carbons (Fsp3) is 0.556. The molecule has 0 atom stereocenters. The van der Waals surface area contributed by atoms with Gasteiger partial charge in [-0.3, -0.25) is 14.7 Å². The Hall–Kier alpha value is -2.35. The molecule has 0 bridgehead atoms. The van der Waals surface area contributed by atoms with Gasteiger partial charge in [0.2, 0.25) is 5.91 Å². The van der Waals surface area contributed by atoms with Crippen molar-refractivity contribution in [3.63, 3.8) is 0 Å². The summed E-state index contributed by atoms with van der Waals surface area (Å²) in [5.41, 5.74) is 0.727. The molecule has 3 N–H and O–H groups in total. The van der Waals surface area contributed by atoms with Gasteiger partial charge in [0.15, 0.2) is 17.5 Å². The lowest BCUT2D eigenvalue weighted by atomic mass is 10.2. The fourth-order valence-electron chi connectivity index (χ4n) is 2.86. The number of hydrogen-bond donors (Lipinski definition) is 3. The second-order valence-electron chi connectivity index (χ2n) is 6.67. The highest BCUT2D eigenvalue weighted by Gasteiger charge is 2.21. The van der Waals surface area contributed by atoms with Crippen LogP contribution in [0.5, 0.6) is 5.75 Å². The van der Waals surface area contributed by atoms with Crippen molar-refractivity contribution in [1.29, 1.82) is 0 Å². The molecule has 1 amide bonds. The molecule has 2 rings (SSSR count). The minimum absolute atomic E-state index is 0.0466. The van der Waals surface area contributed by atoms with Crippen molar-refractivity contribution in [2.45, 2.75) is 26.4 Å². The van der Waals surface area contributed by atoms with E-state index in [1.54, 1.807) is 13.1 Å². The maximum absolute atomic E-state index is 13.4. The number of guanidine groups is 1. The van der Waals surface area contributed by atoms with E-state index < -0.39 is 5.82 Å². The number of benzene rings is 1. The maximum atomic E-state index is 13.4. The van der Waals surface area contributed by atoms with Crippen molar-refractivity contribution in [1.82, 2.24) is 20.4 Å². The normalized spacial score (nSPS) is 16.0. The smallest absolute Gasteiger partial charge is 0.234 e. The first kappa shape index (κ1) is 20.0. The predicted molar refractivity (Wildman–Crippen MR) is 99.6 cm³/mol. The van der Waals surface area contributed by atoms with Crippen LogP contribution < -0.4 is 10.6 Å². The summed E-state index contributed by atoms with van der Waals surface area (Å²) < 4.78 is 13.4. The summed E-state index contributed by atoms with van der Waals surface area (Å²) in [5, 5.41) is 15.4. The van der Waals surface area contributed by atoms with E-state index in [2.05, 4.69) is 25.4 Å². The predicted octanol–water partition coefficient (Wildman–Crippen LogP) is 0.749. The van der Waals surface area contributed by atoms with Crippen LogP contribution in [-0.4, -0.2) is 72.6 Å². The zero-order valence-electron chi connectivity index (χ0n) is 15.6. The van der Waals surface area contributed by atoms with Gasteiger partial charge < -0.3 is 20.6 Å². The summed E-state index contributed by atoms with van der Waals surface area (Å²) in [6, 6.07) is 4.47.